The molecule has 0 saturated heterocycles. The summed E-state index contributed by atoms with van der Waals surface area (Å²) in [7, 11) is 1.68. The third kappa shape index (κ3) is 10.1. The van der Waals surface area contributed by atoms with Crippen molar-refractivity contribution in [3.05, 3.63) is 0 Å². The summed E-state index contributed by atoms with van der Waals surface area (Å²) in [5, 5.41) is 0. The highest BCUT2D eigenvalue weighted by Crippen LogP contribution is 2.03. The lowest BCUT2D eigenvalue weighted by molar-refractivity contribution is 0.0790. The van der Waals surface area contributed by atoms with E-state index in [4.69, 9.17) is 15.2 Å². The normalized spacial score (nSPS) is 13.2. The first-order valence-corrected chi connectivity index (χ1v) is 5.86. The summed E-state index contributed by atoms with van der Waals surface area (Å²) in [5.41, 5.74) is 5.75. The molecule has 1 atom stereocenters. The van der Waals surface area contributed by atoms with E-state index in [0.29, 0.717) is 19.3 Å². The number of methoxy groups -OCH3 is 1. The number of hydrogen-bond donors (Lipinski definition) is 1. The van der Waals surface area contributed by atoms with Gasteiger partial charge in [-0.25, -0.2) is 0 Å². The molecule has 0 aromatic rings. The first-order valence-electron chi connectivity index (χ1n) is 4.71. The van der Waals surface area contributed by atoms with Crippen LogP contribution in [0, 0.1) is 0 Å². The molecule has 0 aliphatic carbocycles. The Morgan fingerprint density at radius 2 is 2.08 bits per heavy atom. The van der Waals surface area contributed by atoms with Crippen LogP contribution in [-0.4, -0.2) is 44.5 Å². The molecule has 4 heteroatoms. The van der Waals surface area contributed by atoms with Gasteiger partial charge in [-0.3, -0.25) is 0 Å². The fourth-order valence-electron chi connectivity index (χ4n) is 0.715. The topological polar surface area (TPSA) is 44.5 Å². The molecule has 0 rings (SSSR count). The first kappa shape index (κ1) is 13.2. The maximum Gasteiger partial charge on any atom is 0.0700 e. The summed E-state index contributed by atoms with van der Waals surface area (Å²) in [4.78, 5) is 0. The second kappa shape index (κ2) is 10.3. The van der Waals surface area contributed by atoms with Crippen molar-refractivity contribution < 1.29 is 9.47 Å². The van der Waals surface area contributed by atoms with Gasteiger partial charge in [0, 0.05) is 24.7 Å². The van der Waals surface area contributed by atoms with Gasteiger partial charge in [0.15, 0.2) is 0 Å². The monoisotopic (exact) mass is 207 g/mol. The minimum Gasteiger partial charge on any atom is -0.382 e. The number of hydrogen-bond acceptors (Lipinski definition) is 4. The molecule has 0 aliphatic rings. The Bertz CT molecular complexity index is 104. The van der Waals surface area contributed by atoms with Crippen LogP contribution in [0.4, 0.5) is 0 Å². The van der Waals surface area contributed by atoms with E-state index in [1.807, 2.05) is 11.8 Å². The molecule has 0 fully saturated rings. The highest BCUT2D eigenvalue weighted by molar-refractivity contribution is 7.99. The fraction of sp³-hybridized carbons (Fsp3) is 1.00. The SMILES string of the molecule is CCC(N)CSCCOCCOC. The Morgan fingerprint density at radius 3 is 2.69 bits per heavy atom. The molecule has 1 unspecified atom stereocenters. The second-order valence-electron chi connectivity index (χ2n) is 2.85. The summed E-state index contributed by atoms with van der Waals surface area (Å²) in [6.45, 7) is 4.28. The van der Waals surface area contributed by atoms with Crippen LogP contribution in [0.2, 0.25) is 0 Å². The summed E-state index contributed by atoms with van der Waals surface area (Å²) in [6, 6.07) is 0.337. The molecule has 0 aromatic heterocycles. The lowest BCUT2D eigenvalue weighted by Gasteiger charge is -2.07. The van der Waals surface area contributed by atoms with Crippen LogP contribution in [0.25, 0.3) is 0 Å². The van der Waals surface area contributed by atoms with Crippen molar-refractivity contribution in [3.63, 3.8) is 0 Å². The molecule has 0 amide bonds. The largest absolute Gasteiger partial charge is 0.382 e. The smallest absolute Gasteiger partial charge is 0.0700 e. The van der Waals surface area contributed by atoms with Gasteiger partial charge in [0.2, 0.25) is 0 Å². The van der Waals surface area contributed by atoms with Crippen molar-refractivity contribution in [3.8, 4) is 0 Å². The average molecular weight is 207 g/mol. The predicted octanol–water partition coefficient (Wildman–Crippen LogP) is 1.12. The third-order valence-electron chi connectivity index (χ3n) is 1.66. The van der Waals surface area contributed by atoms with Gasteiger partial charge in [-0.1, -0.05) is 6.92 Å². The van der Waals surface area contributed by atoms with Gasteiger partial charge < -0.3 is 15.2 Å². The van der Waals surface area contributed by atoms with Crippen molar-refractivity contribution in [2.24, 2.45) is 5.73 Å². The zero-order valence-electron chi connectivity index (χ0n) is 8.62. The first-order chi connectivity index (χ1) is 6.31. The van der Waals surface area contributed by atoms with Gasteiger partial charge in [0.25, 0.3) is 0 Å². The number of nitrogens with two attached hydrogens (primary N) is 1. The minimum atomic E-state index is 0.337. The summed E-state index contributed by atoms with van der Waals surface area (Å²) < 4.78 is 10.2. The maximum absolute atomic E-state index is 5.75. The van der Waals surface area contributed by atoms with E-state index in [1.165, 1.54) is 0 Å². The highest BCUT2D eigenvalue weighted by atomic mass is 32.2. The molecule has 0 bridgehead atoms. The molecule has 0 aliphatic heterocycles. The third-order valence-corrected chi connectivity index (χ3v) is 2.78. The van der Waals surface area contributed by atoms with Crippen molar-refractivity contribution >= 4 is 11.8 Å². The number of ether oxygens (including phenoxy) is 2. The lowest BCUT2D eigenvalue weighted by atomic mass is 10.3. The summed E-state index contributed by atoms with van der Waals surface area (Å²) in [5.74, 6) is 2.06. The van der Waals surface area contributed by atoms with Crippen molar-refractivity contribution in [1.82, 2.24) is 0 Å². The summed E-state index contributed by atoms with van der Waals surface area (Å²) >= 11 is 1.85. The van der Waals surface area contributed by atoms with Crippen LogP contribution in [-0.2, 0) is 9.47 Å². The average Bonchev–Trinajstić information content (AvgIpc) is 2.16. The van der Waals surface area contributed by atoms with E-state index in [-0.39, 0.29) is 0 Å². The van der Waals surface area contributed by atoms with E-state index in [9.17, 15) is 0 Å². The zero-order valence-corrected chi connectivity index (χ0v) is 9.44. The molecule has 0 aromatic carbocycles. The molecule has 80 valence electrons. The quantitative estimate of drug-likeness (QED) is 0.575. The number of thioether (sulfide) groups is 1. The van der Waals surface area contributed by atoms with Crippen LogP contribution in [0.1, 0.15) is 13.3 Å². The molecule has 13 heavy (non-hydrogen) atoms. The molecule has 3 nitrogen and oxygen atoms in total. The second-order valence-corrected chi connectivity index (χ2v) is 4.00. The van der Waals surface area contributed by atoms with Gasteiger partial charge in [-0.2, -0.15) is 11.8 Å². The van der Waals surface area contributed by atoms with Crippen LogP contribution >= 0.6 is 11.8 Å². The van der Waals surface area contributed by atoms with Crippen LogP contribution in [0.5, 0.6) is 0 Å². The number of rotatable bonds is 9. The van der Waals surface area contributed by atoms with Gasteiger partial charge >= 0.3 is 0 Å². The summed E-state index contributed by atoms with van der Waals surface area (Å²) in [6.07, 6.45) is 1.05. The Kier molecular flexibility index (Phi) is 10.5. The van der Waals surface area contributed by atoms with Gasteiger partial charge in [0.05, 0.1) is 19.8 Å². The van der Waals surface area contributed by atoms with Gasteiger partial charge in [0.1, 0.15) is 0 Å². The Hall–Kier alpha value is 0.230. The highest BCUT2D eigenvalue weighted by Gasteiger charge is 1.98. The fourth-order valence-corrected chi connectivity index (χ4v) is 1.66. The Morgan fingerprint density at radius 1 is 1.31 bits per heavy atom. The van der Waals surface area contributed by atoms with Crippen LogP contribution in [0.3, 0.4) is 0 Å². The van der Waals surface area contributed by atoms with Crippen LogP contribution in [0.15, 0.2) is 0 Å². The zero-order chi connectivity index (χ0) is 9.94. The molecule has 0 radical (unpaired) electrons. The van der Waals surface area contributed by atoms with Crippen molar-refractivity contribution in [2.45, 2.75) is 19.4 Å². The van der Waals surface area contributed by atoms with E-state index in [1.54, 1.807) is 7.11 Å². The van der Waals surface area contributed by atoms with Crippen molar-refractivity contribution in [1.29, 1.82) is 0 Å². The standard InChI is InChI=1S/C9H21NO2S/c1-3-9(10)8-13-7-6-12-5-4-11-2/h9H,3-8,10H2,1-2H3. The molecule has 0 saturated carbocycles. The molecular weight excluding hydrogens is 186 g/mol. The van der Waals surface area contributed by atoms with Gasteiger partial charge in [-0.15, -0.1) is 0 Å². The Balaban J connectivity index is 2.91. The van der Waals surface area contributed by atoms with E-state index < -0.39 is 0 Å². The molecule has 2 N–H and O–H groups in total. The van der Waals surface area contributed by atoms with E-state index >= 15 is 0 Å². The van der Waals surface area contributed by atoms with E-state index in [0.717, 1.165) is 24.5 Å². The molecular formula is C9H21NO2S. The maximum atomic E-state index is 5.75. The van der Waals surface area contributed by atoms with Gasteiger partial charge in [-0.05, 0) is 6.42 Å². The van der Waals surface area contributed by atoms with Crippen molar-refractivity contribution in [2.75, 3.05) is 38.4 Å². The molecule has 0 heterocycles. The molecule has 0 spiro atoms. The van der Waals surface area contributed by atoms with Crippen LogP contribution < -0.4 is 5.73 Å². The lowest BCUT2D eigenvalue weighted by Crippen LogP contribution is -2.21. The predicted molar refractivity (Wildman–Crippen MR) is 58.3 cm³/mol. The minimum absolute atomic E-state index is 0.337. The van der Waals surface area contributed by atoms with E-state index in [2.05, 4.69) is 6.92 Å². The Labute approximate surface area is 85.3 Å².